The van der Waals surface area contributed by atoms with Gasteiger partial charge in [-0.2, -0.15) is 0 Å². The fourth-order valence-electron chi connectivity index (χ4n) is 1.99. The Bertz CT molecular complexity index is 351. The number of fused-ring (bicyclic) bond motifs is 1. The molecule has 4 heteroatoms. The predicted octanol–water partition coefficient (Wildman–Crippen LogP) is 1.45. The third-order valence-corrected chi connectivity index (χ3v) is 4.18. The number of ether oxygens (including phenoxy) is 1. The van der Waals surface area contributed by atoms with Gasteiger partial charge in [-0.05, 0) is 30.9 Å². The molecule has 0 saturated carbocycles. The fraction of sp³-hybridized carbons (Fsp3) is 0.545. The lowest BCUT2D eigenvalue weighted by Gasteiger charge is -2.09. The number of thiophene rings is 1. The minimum Gasteiger partial charge on any atom is -0.468 e. The van der Waals surface area contributed by atoms with Crippen LogP contribution in [0.3, 0.4) is 0 Å². The van der Waals surface area contributed by atoms with Crippen molar-refractivity contribution in [3.63, 3.8) is 0 Å². The standard InChI is InChI=1S/C11H15NO2S/c1-14-11(13)8(6-12)10-5-7-3-2-4-9(7)15-10/h5,8H,2-4,6,12H2,1H3. The lowest BCUT2D eigenvalue weighted by molar-refractivity contribution is -0.142. The van der Waals surface area contributed by atoms with Crippen LogP contribution in [0, 0.1) is 0 Å². The molecule has 0 aliphatic heterocycles. The molecule has 0 bridgehead atoms. The van der Waals surface area contributed by atoms with Crippen LogP contribution < -0.4 is 5.73 Å². The van der Waals surface area contributed by atoms with Crippen molar-refractivity contribution in [1.29, 1.82) is 0 Å². The number of aryl methyl sites for hydroxylation is 2. The molecule has 0 saturated heterocycles. The number of hydrogen-bond donors (Lipinski definition) is 1. The zero-order chi connectivity index (χ0) is 10.8. The van der Waals surface area contributed by atoms with Crippen molar-refractivity contribution in [1.82, 2.24) is 0 Å². The van der Waals surface area contributed by atoms with E-state index in [9.17, 15) is 4.79 Å². The van der Waals surface area contributed by atoms with E-state index in [0.29, 0.717) is 6.54 Å². The summed E-state index contributed by atoms with van der Waals surface area (Å²) in [7, 11) is 1.41. The first-order valence-electron chi connectivity index (χ1n) is 5.15. The van der Waals surface area contributed by atoms with E-state index < -0.39 is 0 Å². The average Bonchev–Trinajstić information content (AvgIpc) is 2.78. The molecule has 1 aromatic rings. The molecule has 0 amide bonds. The molecular formula is C11H15NO2S. The summed E-state index contributed by atoms with van der Waals surface area (Å²) < 4.78 is 4.75. The van der Waals surface area contributed by atoms with Crippen molar-refractivity contribution >= 4 is 17.3 Å². The van der Waals surface area contributed by atoms with E-state index in [4.69, 9.17) is 10.5 Å². The van der Waals surface area contributed by atoms with Gasteiger partial charge in [-0.1, -0.05) is 0 Å². The van der Waals surface area contributed by atoms with Crippen molar-refractivity contribution < 1.29 is 9.53 Å². The van der Waals surface area contributed by atoms with Crippen LogP contribution in [0.5, 0.6) is 0 Å². The van der Waals surface area contributed by atoms with E-state index in [-0.39, 0.29) is 11.9 Å². The number of rotatable bonds is 3. The molecule has 1 aromatic heterocycles. The highest BCUT2D eigenvalue weighted by Crippen LogP contribution is 2.34. The molecule has 1 heterocycles. The summed E-state index contributed by atoms with van der Waals surface area (Å²) in [5.74, 6) is -0.497. The number of carbonyl (C=O) groups excluding carboxylic acids is 1. The summed E-state index contributed by atoms with van der Waals surface area (Å²) in [5.41, 5.74) is 7.01. The third kappa shape index (κ3) is 1.92. The van der Waals surface area contributed by atoms with Gasteiger partial charge in [0, 0.05) is 16.3 Å². The SMILES string of the molecule is COC(=O)C(CN)c1cc2c(s1)CCC2. The lowest BCUT2D eigenvalue weighted by Crippen LogP contribution is -2.21. The molecule has 1 aliphatic carbocycles. The van der Waals surface area contributed by atoms with Gasteiger partial charge < -0.3 is 10.5 Å². The molecule has 0 spiro atoms. The number of hydrogen-bond acceptors (Lipinski definition) is 4. The van der Waals surface area contributed by atoms with Crippen LogP contribution in [-0.4, -0.2) is 19.6 Å². The zero-order valence-electron chi connectivity index (χ0n) is 8.79. The van der Waals surface area contributed by atoms with Crippen LogP contribution in [0.1, 0.15) is 27.7 Å². The largest absolute Gasteiger partial charge is 0.468 e. The maximum Gasteiger partial charge on any atom is 0.315 e. The Morgan fingerprint density at radius 2 is 2.47 bits per heavy atom. The second-order valence-electron chi connectivity index (χ2n) is 3.76. The highest BCUT2D eigenvalue weighted by Gasteiger charge is 2.24. The first-order valence-corrected chi connectivity index (χ1v) is 5.97. The number of methoxy groups -OCH3 is 1. The molecule has 82 valence electrons. The van der Waals surface area contributed by atoms with Crippen LogP contribution in [0.4, 0.5) is 0 Å². The van der Waals surface area contributed by atoms with E-state index in [1.807, 2.05) is 0 Å². The van der Waals surface area contributed by atoms with Crippen LogP contribution >= 0.6 is 11.3 Å². The van der Waals surface area contributed by atoms with Crippen LogP contribution in [0.2, 0.25) is 0 Å². The second-order valence-corrected chi connectivity index (χ2v) is 4.93. The normalized spacial score (nSPS) is 16.1. The Balaban J connectivity index is 2.23. The highest BCUT2D eigenvalue weighted by atomic mass is 32.1. The molecule has 2 rings (SSSR count). The van der Waals surface area contributed by atoms with E-state index in [2.05, 4.69) is 6.07 Å². The quantitative estimate of drug-likeness (QED) is 0.792. The maximum atomic E-state index is 11.5. The summed E-state index contributed by atoms with van der Waals surface area (Å²) in [6.45, 7) is 0.325. The van der Waals surface area contributed by atoms with Crippen molar-refractivity contribution in [2.24, 2.45) is 5.73 Å². The molecule has 0 radical (unpaired) electrons. The summed E-state index contributed by atoms with van der Waals surface area (Å²) in [5, 5.41) is 0. The van der Waals surface area contributed by atoms with Crippen molar-refractivity contribution in [2.45, 2.75) is 25.2 Å². The van der Waals surface area contributed by atoms with Gasteiger partial charge in [-0.15, -0.1) is 11.3 Å². The monoisotopic (exact) mass is 225 g/mol. The van der Waals surface area contributed by atoms with Gasteiger partial charge in [0.1, 0.15) is 5.92 Å². The van der Waals surface area contributed by atoms with Crippen molar-refractivity contribution in [3.05, 3.63) is 21.4 Å². The Hall–Kier alpha value is -0.870. The summed E-state index contributed by atoms with van der Waals surface area (Å²) >= 11 is 1.72. The van der Waals surface area contributed by atoms with Gasteiger partial charge in [0.15, 0.2) is 0 Å². The lowest BCUT2D eigenvalue weighted by atomic mass is 10.1. The van der Waals surface area contributed by atoms with E-state index in [1.165, 1.54) is 24.0 Å². The Morgan fingerprint density at radius 3 is 3.07 bits per heavy atom. The average molecular weight is 225 g/mol. The molecule has 2 N–H and O–H groups in total. The third-order valence-electron chi connectivity index (χ3n) is 2.83. The van der Waals surface area contributed by atoms with E-state index in [1.54, 1.807) is 11.3 Å². The molecule has 1 atom stereocenters. The summed E-state index contributed by atoms with van der Waals surface area (Å²) in [4.78, 5) is 14.0. The Morgan fingerprint density at radius 1 is 1.67 bits per heavy atom. The minimum absolute atomic E-state index is 0.225. The summed E-state index contributed by atoms with van der Waals surface area (Å²) in [6, 6.07) is 2.13. The van der Waals surface area contributed by atoms with Crippen LogP contribution in [0.15, 0.2) is 6.07 Å². The number of esters is 1. The molecule has 0 aromatic carbocycles. The van der Waals surface area contributed by atoms with E-state index in [0.717, 1.165) is 17.7 Å². The van der Waals surface area contributed by atoms with Gasteiger partial charge >= 0.3 is 5.97 Å². The Labute approximate surface area is 93.2 Å². The number of carbonyl (C=O) groups is 1. The number of nitrogens with two attached hydrogens (primary N) is 1. The molecule has 3 nitrogen and oxygen atoms in total. The van der Waals surface area contributed by atoms with E-state index >= 15 is 0 Å². The molecular weight excluding hydrogens is 210 g/mol. The Kier molecular flexibility index (Phi) is 3.07. The van der Waals surface area contributed by atoms with Gasteiger partial charge in [-0.25, -0.2) is 0 Å². The minimum atomic E-state index is -0.273. The second kappa shape index (κ2) is 4.33. The topological polar surface area (TPSA) is 52.3 Å². The molecule has 15 heavy (non-hydrogen) atoms. The van der Waals surface area contributed by atoms with Gasteiger partial charge in [0.25, 0.3) is 0 Å². The fourth-order valence-corrected chi connectivity index (χ4v) is 3.35. The van der Waals surface area contributed by atoms with Gasteiger partial charge in [0.2, 0.25) is 0 Å². The van der Waals surface area contributed by atoms with Crippen molar-refractivity contribution in [2.75, 3.05) is 13.7 Å². The first-order chi connectivity index (χ1) is 7.26. The van der Waals surface area contributed by atoms with Gasteiger partial charge in [-0.3, -0.25) is 4.79 Å². The maximum absolute atomic E-state index is 11.5. The smallest absolute Gasteiger partial charge is 0.315 e. The van der Waals surface area contributed by atoms with Crippen molar-refractivity contribution in [3.8, 4) is 0 Å². The van der Waals surface area contributed by atoms with Crippen LogP contribution in [-0.2, 0) is 22.4 Å². The first kappa shape index (κ1) is 10.6. The molecule has 1 aliphatic rings. The van der Waals surface area contributed by atoms with Gasteiger partial charge in [0.05, 0.1) is 7.11 Å². The summed E-state index contributed by atoms with van der Waals surface area (Å²) in [6.07, 6.45) is 3.54. The van der Waals surface area contributed by atoms with Crippen LogP contribution in [0.25, 0.3) is 0 Å². The zero-order valence-corrected chi connectivity index (χ0v) is 9.60. The molecule has 1 unspecified atom stereocenters. The molecule has 0 fully saturated rings. The highest BCUT2D eigenvalue weighted by molar-refractivity contribution is 7.12. The predicted molar refractivity (Wildman–Crippen MR) is 60.2 cm³/mol.